The molecule has 0 rings (SSSR count). The van der Waals surface area contributed by atoms with Gasteiger partial charge in [-0.05, 0) is 12.0 Å². The normalized spacial score (nSPS) is 10.2. The van der Waals surface area contributed by atoms with Crippen LogP contribution in [0.3, 0.4) is 0 Å². The zero-order valence-corrected chi connectivity index (χ0v) is 9.23. The molecule has 78 valence electrons. The van der Waals surface area contributed by atoms with Gasteiger partial charge in [0.05, 0.1) is 5.75 Å². The van der Waals surface area contributed by atoms with Crippen LogP contribution in [0.1, 0.15) is 13.8 Å². The van der Waals surface area contributed by atoms with Crippen molar-refractivity contribution in [1.82, 2.24) is 0 Å². The second kappa shape index (κ2) is 6.91. The van der Waals surface area contributed by atoms with Crippen LogP contribution in [0.4, 0.5) is 0 Å². The summed E-state index contributed by atoms with van der Waals surface area (Å²) in [5.74, 6) is -0.295. The van der Waals surface area contributed by atoms with Gasteiger partial charge in [0.1, 0.15) is 0 Å². The molecule has 0 saturated carbocycles. The van der Waals surface area contributed by atoms with Gasteiger partial charge in [0.25, 0.3) is 0 Å². The van der Waals surface area contributed by atoms with E-state index in [1.165, 1.54) is 0 Å². The smallest absolute Gasteiger partial charge is 0.240 e. The van der Waals surface area contributed by atoms with Crippen LogP contribution in [0, 0.1) is 5.92 Å². The van der Waals surface area contributed by atoms with Crippen LogP contribution in [0.5, 0.6) is 0 Å². The van der Waals surface area contributed by atoms with Gasteiger partial charge in [-0.3, -0.25) is 4.79 Å². The highest BCUT2D eigenvalue weighted by molar-refractivity contribution is 8.13. The second-order valence-corrected chi connectivity index (χ2v) is 5.53. The van der Waals surface area contributed by atoms with Crippen LogP contribution in [-0.2, 0) is 13.8 Å². The molecule has 0 aromatic rings. The molecule has 0 saturated heterocycles. The predicted molar refractivity (Wildman–Crippen MR) is 53.9 cm³/mol. The molecule has 0 aliphatic carbocycles. The molecule has 0 aromatic carbocycles. The van der Waals surface area contributed by atoms with E-state index >= 15 is 0 Å². The molecule has 2 N–H and O–H groups in total. The molecular weight excluding hydrogens is 214 g/mol. The number of rotatable bonds is 3. The Balaban J connectivity index is 0. The van der Waals surface area contributed by atoms with Crippen molar-refractivity contribution in [3.63, 3.8) is 0 Å². The number of halogens is 1. The topological polar surface area (TPSA) is 77.2 Å². The van der Waals surface area contributed by atoms with E-state index < -0.39 is 15.0 Å². The lowest BCUT2D eigenvalue weighted by Gasteiger charge is -1.96. The first-order chi connectivity index (χ1) is 5.69. The van der Waals surface area contributed by atoms with Gasteiger partial charge in [0.15, 0.2) is 0 Å². The molecular formula is C7H14ClNO3S. The van der Waals surface area contributed by atoms with Crippen molar-refractivity contribution in [3.05, 3.63) is 12.7 Å². The second-order valence-electron chi connectivity index (χ2n) is 2.71. The lowest BCUT2D eigenvalue weighted by Crippen LogP contribution is -2.04. The predicted octanol–water partition coefficient (Wildman–Crippen LogP) is 0.869. The van der Waals surface area contributed by atoms with Gasteiger partial charge in [-0.25, -0.2) is 8.42 Å². The van der Waals surface area contributed by atoms with E-state index in [4.69, 9.17) is 10.7 Å². The SMILES string of the molecule is C=CC(N)=O.CC(C)CS(=O)(=O)Cl. The summed E-state index contributed by atoms with van der Waals surface area (Å²) in [5.41, 5.74) is 4.53. The zero-order valence-electron chi connectivity index (χ0n) is 7.66. The molecule has 4 nitrogen and oxygen atoms in total. The lowest BCUT2D eigenvalue weighted by atomic mass is 10.3. The summed E-state index contributed by atoms with van der Waals surface area (Å²) in [6.07, 6.45) is 1.06. The van der Waals surface area contributed by atoms with E-state index in [1.807, 2.05) is 0 Å². The largest absolute Gasteiger partial charge is 0.366 e. The van der Waals surface area contributed by atoms with Crippen molar-refractivity contribution in [2.75, 3.05) is 5.75 Å². The zero-order chi connectivity index (χ0) is 11.1. The Labute approximate surface area is 83.2 Å². The van der Waals surface area contributed by atoms with Gasteiger partial charge in [-0.2, -0.15) is 0 Å². The van der Waals surface area contributed by atoms with Crippen molar-refractivity contribution >= 4 is 25.6 Å². The first kappa shape index (κ1) is 14.9. The van der Waals surface area contributed by atoms with Crippen molar-refractivity contribution in [2.24, 2.45) is 11.7 Å². The van der Waals surface area contributed by atoms with Crippen LogP contribution in [0.15, 0.2) is 12.7 Å². The fourth-order valence-electron chi connectivity index (χ4n) is 0.398. The third kappa shape index (κ3) is 24.6. The van der Waals surface area contributed by atoms with E-state index in [9.17, 15) is 13.2 Å². The molecule has 0 bridgehead atoms. The Morgan fingerprint density at radius 1 is 1.62 bits per heavy atom. The van der Waals surface area contributed by atoms with E-state index in [0.29, 0.717) is 0 Å². The molecule has 0 heterocycles. The Morgan fingerprint density at radius 3 is 1.92 bits per heavy atom. The minimum Gasteiger partial charge on any atom is -0.366 e. The standard InChI is InChI=1S/C4H9ClO2S.C3H5NO/c1-4(2)3-8(5,6)7;1-2-3(4)5/h4H,3H2,1-2H3;2H,1H2,(H2,4,5). The number of hydrogen-bond donors (Lipinski definition) is 1. The third-order valence-corrected chi connectivity index (χ3v) is 2.18. The summed E-state index contributed by atoms with van der Waals surface area (Å²) in [7, 11) is 1.65. The summed E-state index contributed by atoms with van der Waals surface area (Å²) in [5, 5.41) is 0. The first-order valence-corrected chi connectivity index (χ1v) is 6.01. The fourth-order valence-corrected chi connectivity index (χ4v) is 1.95. The van der Waals surface area contributed by atoms with Gasteiger partial charge in [-0.1, -0.05) is 20.4 Å². The molecule has 0 aromatic heterocycles. The average molecular weight is 228 g/mol. The quantitative estimate of drug-likeness (QED) is 0.574. The summed E-state index contributed by atoms with van der Waals surface area (Å²) in [4.78, 5) is 9.47. The third-order valence-electron chi connectivity index (χ3n) is 0.734. The van der Waals surface area contributed by atoms with Gasteiger partial charge in [0, 0.05) is 10.7 Å². The first-order valence-electron chi connectivity index (χ1n) is 3.53. The molecule has 0 aliphatic rings. The van der Waals surface area contributed by atoms with E-state index in [0.717, 1.165) is 6.08 Å². The highest BCUT2D eigenvalue weighted by Gasteiger charge is 2.06. The van der Waals surface area contributed by atoms with Crippen LogP contribution in [0.25, 0.3) is 0 Å². The molecule has 1 amide bonds. The van der Waals surface area contributed by atoms with Crippen molar-refractivity contribution in [2.45, 2.75) is 13.8 Å². The Morgan fingerprint density at radius 2 is 1.92 bits per heavy atom. The average Bonchev–Trinajstić information content (AvgIpc) is 1.83. The monoisotopic (exact) mass is 227 g/mol. The van der Waals surface area contributed by atoms with Gasteiger partial charge in [0.2, 0.25) is 15.0 Å². The van der Waals surface area contributed by atoms with Gasteiger partial charge < -0.3 is 5.73 Å². The highest BCUT2D eigenvalue weighted by Crippen LogP contribution is 2.03. The van der Waals surface area contributed by atoms with Crippen LogP contribution >= 0.6 is 10.7 Å². The van der Waals surface area contributed by atoms with Crippen LogP contribution in [0.2, 0.25) is 0 Å². The Hall–Kier alpha value is -0.550. The molecule has 0 fully saturated rings. The molecule has 0 radical (unpaired) electrons. The van der Waals surface area contributed by atoms with Crippen LogP contribution in [-0.4, -0.2) is 20.1 Å². The minimum atomic E-state index is -3.25. The Bertz CT molecular complexity index is 259. The van der Waals surface area contributed by atoms with Crippen molar-refractivity contribution < 1.29 is 13.2 Å². The molecule has 0 aliphatic heterocycles. The molecule has 13 heavy (non-hydrogen) atoms. The van der Waals surface area contributed by atoms with Crippen molar-refractivity contribution in [1.29, 1.82) is 0 Å². The van der Waals surface area contributed by atoms with Crippen LogP contribution < -0.4 is 5.73 Å². The van der Waals surface area contributed by atoms with Gasteiger partial charge >= 0.3 is 0 Å². The number of amides is 1. The minimum absolute atomic E-state index is 0.0640. The van der Waals surface area contributed by atoms with E-state index in [-0.39, 0.29) is 11.7 Å². The van der Waals surface area contributed by atoms with Crippen molar-refractivity contribution in [3.8, 4) is 0 Å². The molecule has 0 unspecified atom stereocenters. The number of nitrogens with two attached hydrogens (primary N) is 1. The van der Waals surface area contributed by atoms with E-state index in [1.54, 1.807) is 13.8 Å². The highest BCUT2D eigenvalue weighted by atomic mass is 35.7. The fraction of sp³-hybridized carbons (Fsp3) is 0.571. The summed E-state index contributed by atoms with van der Waals surface area (Å²) < 4.78 is 20.4. The number of carbonyl (C=O) groups excluding carboxylic acids is 1. The number of primary amides is 1. The summed E-state index contributed by atoms with van der Waals surface area (Å²) in [6, 6.07) is 0. The van der Waals surface area contributed by atoms with Gasteiger partial charge in [-0.15, -0.1) is 0 Å². The number of hydrogen-bond acceptors (Lipinski definition) is 3. The lowest BCUT2D eigenvalue weighted by molar-refractivity contribution is -0.113. The van der Waals surface area contributed by atoms with E-state index in [2.05, 4.69) is 12.3 Å². The summed E-state index contributed by atoms with van der Waals surface area (Å²) in [6.45, 7) is 6.70. The maximum atomic E-state index is 10.2. The molecule has 0 spiro atoms. The molecule has 6 heteroatoms. The maximum Gasteiger partial charge on any atom is 0.240 e. The summed E-state index contributed by atoms with van der Waals surface area (Å²) >= 11 is 0. The molecule has 0 atom stereocenters. The number of carbonyl (C=O) groups is 1. The Kier molecular flexibility index (Phi) is 7.95. The maximum absolute atomic E-state index is 10.2.